The van der Waals surface area contributed by atoms with Gasteiger partial charge >= 0.3 is 0 Å². The molecular weight excluding hydrogens is 444 g/mol. The highest BCUT2D eigenvalue weighted by Crippen LogP contribution is 2.28. The SMILES string of the molecule is Cc1noc(C)c1S(=O)(=O)N1CCCC(C(=O)NC(Cc2ccccc2)C(=O)NC2CC2)C1. The summed E-state index contributed by atoms with van der Waals surface area (Å²) < 4.78 is 32.7. The van der Waals surface area contributed by atoms with Gasteiger partial charge in [0.2, 0.25) is 21.8 Å². The zero-order valence-electron chi connectivity index (χ0n) is 18.9. The highest BCUT2D eigenvalue weighted by atomic mass is 32.2. The lowest BCUT2D eigenvalue weighted by Crippen LogP contribution is -2.52. The maximum absolute atomic E-state index is 13.2. The van der Waals surface area contributed by atoms with Gasteiger partial charge in [0.15, 0.2) is 5.76 Å². The zero-order valence-corrected chi connectivity index (χ0v) is 19.7. The number of rotatable bonds is 8. The molecule has 2 amide bonds. The Morgan fingerprint density at radius 3 is 2.55 bits per heavy atom. The van der Waals surface area contributed by atoms with Crippen LogP contribution >= 0.6 is 0 Å². The minimum Gasteiger partial charge on any atom is -0.360 e. The number of carbonyl (C=O) groups excluding carboxylic acids is 2. The number of hydrogen-bond donors (Lipinski definition) is 2. The second kappa shape index (κ2) is 9.64. The number of nitrogens with one attached hydrogen (secondary N) is 2. The van der Waals surface area contributed by atoms with Gasteiger partial charge in [0.1, 0.15) is 16.6 Å². The summed E-state index contributed by atoms with van der Waals surface area (Å²) in [5.41, 5.74) is 1.25. The monoisotopic (exact) mass is 474 g/mol. The Labute approximate surface area is 193 Å². The summed E-state index contributed by atoms with van der Waals surface area (Å²) in [6, 6.07) is 8.99. The number of hydrogen-bond acceptors (Lipinski definition) is 6. The molecular formula is C23H30N4O5S. The normalized spacial score (nSPS) is 20.2. The van der Waals surface area contributed by atoms with E-state index in [2.05, 4.69) is 15.8 Å². The van der Waals surface area contributed by atoms with Crippen molar-refractivity contribution >= 4 is 21.8 Å². The van der Waals surface area contributed by atoms with Crippen molar-refractivity contribution in [1.82, 2.24) is 20.1 Å². The molecule has 2 aliphatic rings. The molecule has 9 nitrogen and oxygen atoms in total. The van der Waals surface area contributed by atoms with Gasteiger partial charge in [-0.3, -0.25) is 9.59 Å². The summed E-state index contributed by atoms with van der Waals surface area (Å²) >= 11 is 0. The predicted octanol–water partition coefficient (Wildman–Crippen LogP) is 1.70. The molecule has 0 bridgehead atoms. The van der Waals surface area contributed by atoms with Crippen molar-refractivity contribution in [2.24, 2.45) is 5.92 Å². The van der Waals surface area contributed by atoms with E-state index in [1.54, 1.807) is 13.8 Å². The van der Waals surface area contributed by atoms with Crippen molar-refractivity contribution in [2.75, 3.05) is 13.1 Å². The largest absolute Gasteiger partial charge is 0.360 e. The molecule has 2 unspecified atom stereocenters. The van der Waals surface area contributed by atoms with E-state index in [-0.39, 0.29) is 35.1 Å². The van der Waals surface area contributed by atoms with Crippen LogP contribution in [-0.2, 0) is 26.0 Å². The lowest BCUT2D eigenvalue weighted by atomic mass is 9.97. The molecule has 2 aromatic rings. The van der Waals surface area contributed by atoms with Crippen molar-refractivity contribution in [3.63, 3.8) is 0 Å². The van der Waals surface area contributed by atoms with E-state index in [0.717, 1.165) is 18.4 Å². The summed E-state index contributed by atoms with van der Waals surface area (Å²) in [6.07, 6.45) is 3.39. The molecule has 1 aliphatic heterocycles. The summed E-state index contributed by atoms with van der Waals surface area (Å²) in [5, 5.41) is 9.62. The van der Waals surface area contributed by atoms with E-state index in [1.165, 1.54) is 4.31 Å². The van der Waals surface area contributed by atoms with Gasteiger partial charge in [-0.15, -0.1) is 0 Å². The van der Waals surface area contributed by atoms with Gasteiger partial charge in [-0.05, 0) is 45.1 Å². The smallest absolute Gasteiger partial charge is 0.248 e. The molecule has 4 rings (SSSR count). The van der Waals surface area contributed by atoms with E-state index in [4.69, 9.17) is 4.52 Å². The third-order valence-corrected chi connectivity index (χ3v) is 8.27. The minimum absolute atomic E-state index is 0.0561. The Kier molecular flexibility index (Phi) is 6.85. The summed E-state index contributed by atoms with van der Waals surface area (Å²) in [6.45, 7) is 3.53. The molecule has 2 N–H and O–H groups in total. The number of benzene rings is 1. The van der Waals surface area contributed by atoms with Crippen LogP contribution in [0.5, 0.6) is 0 Å². The third-order valence-electron chi connectivity index (χ3n) is 6.16. The van der Waals surface area contributed by atoms with E-state index in [0.29, 0.717) is 31.5 Å². The van der Waals surface area contributed by atoms with Crippen LogP contribution in [0.25, 0.3) is 0 Å². The lowest BCUT2D eigenvalue weighted by Gasteiger charge is -2.32. The number of nitrogens with zero attached hydrogens (tertiary/aromatic N) is 2. The van der Waals surface area contributed by atoms with Gasteiger partial charge in [0, 0.05) is 25.6 Å². The van der Waals surface area contributed by atoms with Crippen molar-refractivity contribution in [3.05, 3.63) is 47.3 Å². The lowest BCUT2D eigenvalue weighted by molar-refractivity contribution is -0.131. The molecule has 2 fully saturated rings. The van der Waals surface area contributed by atoms with Crippen LogP contribution < -0.4 is 10.6 Å². The first-order valence-electron chi connectivity index (χ1n) is 11.3. The van der Waals surface area contributed by atoms with Crippen molar-refractivity contribution in [2.45, 2.75) is 62.9 Å². The predicted molar refractivity (Wildman–Crippen MR) is 121 cm³/mol. The standard InChI is InChI=1S/C23H30N4O5S/c1-15-21(16(2)32-26-15)33(30,31)27-12-6-9-18(14-27)22(28)25-20(23(29)24-19-10-11-19)13-17-7-4-3-5-8-17/h3-5,7-8,18-20H,6,9-14H2,1-2H3,(H,24,29)(H,25,28). The Balaban J connectivity index is 1.46. The Hall–Kier alpha value is -2.72. The Morgan fingerprint density at radius 1 is 1.18 bits per heavy atom. The molecule has 1 aliphatic carbocycles. The zero-order chi connectivity index (χ0) is 23.6. The average Bonchev–Trinajstić information content (AvgIpc) is 3.55. The van der Waals surface area contributed by atoms with Crippen molar-refractivity contribution in [3.8, 4) is 0 Å². The van der Waals surface area contributed by atoms with Gasteiger partial charge in [0.25, 0.3) is 0 Å². The van der Waals surface area contributed by atoms with Crippen LogP contribution in [0.15, 0.2) is 39.8 Å². The first-order valence-corrected chi connectivity index (χ1v) is 12.8. The maximum atomic E-state index is 13.2. The molecule has 1 saturated carbocycles. The van der Waals surface area contributed by atoms with Crippen LogP contribution in [0.4, 0.5) is 0 Å². The van der Waals surface area contributed by atoms with Gasteiger partial charge in [-0.2, -0.15) is 4.31 Å². The third kappa shape index (κ3) is 5.44. The van der Waals surface area contributed by atoms with Crippen LogP contribution in [-0.4, -0.2) is 54.9 Å². The summed E-state index contributed by atoms with van der Waals surface area (Å²) in [5.74, 6) is -0.814. The van der Waals surface area contributed by atoms with Crippen LogP contribution in [0.3, 0.4) is 0 Å². The maximum Gasteiger partial charge on any atom is 0.248 e. The van der Waals surface area contributed by atoms with E-state index >= 15 is 0 Å². The molecule has 2 heterocycles. The van der Waals surface area contributed by atoms with Crippen LogP contribution in [0.1, 0.15) is 42.7 Å². The fourth-order valence-electron chi connectivity index (χ4n) is 4.22. The van der Waals surface area contributed by atoms with Crippen molar-refractivity contribution in [1.29, 1.82) is 0 Å². The molecule has 1 saturated heterocycles. The fraction of sp³-hybridized carbons (Fsp3) is 0.522. The highest BCUT2D eigenvalue weighted by Gasteiger charge is 2.37. The topological polar surface area (TPSA) is 122 Å². The second-order valence-corrected chi connectivity index (χ2v) is 10.8. The number of amides is 2. The summed E-state index contributed by atoms with van der Waals surface area (Å²) in [7, 11) is -3.83. The first kappa shape index (κ1) is 23.4. The summed E-state index contributed by atoms with van der Waals surface area (Å²) in [4.78, 5) is 26.0. The van der Waals surface area contributed by atoms with Gasteiger partial charge < -0.3 is 15.2 Å². The van der Waals surface area contributed by atoms with Gasteiger partial charge in [-0.25, -0.2) is 8.42 Å². The minimum atomic E-state index is -3.83. The number of sulfonamides is 1. The Bertz CT molecular complexity index is 1090. The Morgan fingerprint density at radius 2 is 1.91 bits per heavy atom. The number of piperidine rings is 1. The molecule has 33 heavy (non-hydrogen) atoms. The molecule has 10 heteroatoms. The first-order chi connectivity index (χ1) is 15.8. The molecule has 1 aromatic carbocycles. The quantitative estimate of drug-likeness (QED) is 0.601. The molecule has 0 spiro atoms. The number of aryl methyl sites for hydroxylation is 2. The molecule has 178 valence electrons. The van der Waals surface area contributed by atoms with Crippen LogP contribution in [0.2, 0.25) is 0 Å². The molecule has 0 radical (unpaired) electrons. The van der Waals surface area contributed by atoms with Gasteiger partial charge in [0.05, 0.1) is 5.92 Å². The second-order valence-electron chi connectivity index (χ2n) is 8.89. The van der Waals surface area contributed by atoms with E-state index in [1.807, 2.05) is 30.3 Å². The van der Waals surface area contributed by atoms with E-state index in [9.17, 15) is 18.0 Å². The number of aromatic nitrogens is 1. The molecule has 2 atom stereocenters. The average molecular weight is 475 g/mol. The van der Waals surface area contributed by atoms with Crippen molar-refractivity contribution < 1.29 is 22.5 Å². The highest BCUT2D eigenvalue weighted by molar-refractivity contribution is 7.89. The van der Waals surface area contributed by atoms with Crippen LogP contribution in [0, 0.1) is 19.8 Å². The van der Waals surface area contributed by atoms with E-state index < -0.39 is 22.0 Å². The van der Waals surface area contributed by atoms with Gasteiger partial charge in [-0.1, -0.05) is 35.5 Å². The fourth-order valence-corrected chi connectivity index (χ4v) is 6.04. The molecule has 1 aromatic heterocycles. The number of carbonyl (C=O) groups is 2.